The fourth-order valence-corrected chi connectivity index (χ4v) is 8.72. The number of nitrogens with two attached hydrogens (primary N) is 1. The largest absolute Gasteiger partial charge is 0.454 e. The fourth-order valence-electron chi connectivity index (χ4n) is 8.11. The summed E-state index contributed by atoms with van der Waals surface area (Å²) in [5, 5.41) is 13.1. The zero-order valence-electron chi connectivity index (χ0n) is 33.0. The van der Waals surface area contributed by atoms with E-state index in [0.717, 1.165) is 59.4 Å². The van der Waals surface area contributed by atoms with Crippen LogP contribution in [0.1, 0.15) is 0 Å². The normalized spacial score (nSPS) is 11.9. The third-order valence-electron chi connectivity index (χ3n) is 10.9. The average Bonchev–Trinajstić information content (AvgIpc) is 3.92. The van der Waals surface area contributed by atoms with E-state index in [9.17, 15) is 0 Å². The van der Waals surface area contributed by atoms with E-state index in [1.807, 2.05) is 42.5 Å². The van der Waals surface area contributed by atoms with Crippen LogP contribution in [0.5, 0.6) is 0 Å². The minimum Gasteiger partial charge on any atom is -0.454 e. The van der Waals surface area contributed by atoms with Crippen molar-refractivity contribution >= 4 is 99.4 Å². The van der Waals surface area contributed by atoms with Gasteiger partial charge < -0.3 is 19.9 Å². The summed E-state index contributed by atoms with van der Waals surface area (Å²) in [6.07, 6.45) is 10.2. The maximum atomic E-state index is 6.59. The van der Waals surface area contributed by atoms with Crippen LogP contribution in [0, 0.1) is 9.65 Å². The minimum absolute atomic E-state index is 0.697. The van der Waals surface area contributed by atoms with Gasteiger partial charge in [-0.25, -0.2) is 0 Å². The maximum Gasteiger partial charge on any atom is 0.200 e. The molecule has 290 valence electrons. The number of hydrogen-bond donors (Lipinski definition) is 2. The lowest BCUT2D eigenvalue weighted by atomic mass is 9.96. The van der Waals surface area contributed by atoms with Gasteiger partial charge in [0.2, 0.25) is 0 Å². The number of fused-ring (bicyclic) bond motifs is 10. The third-order valence-corrected chi connectivity index (χ3v) is 11.7. The van der Waals surface area contributed by atoms with E-state index < -0.39 is 0 Å². The molecule has 0 saturated heterocycles. The summed E-state index contributed by atoms with van der Waals surface area (Å²) in [5.74, 6) is 0. The second kappa shape index (κ2) is 16.7. The van der Waals surface area contributed by atoms with Crippen LogP contribution in [-0.2, 0) is 0 Å². The number of allylic oxidation sites excluding steroid dienone is 5. The molecule has 0 radical (unpaired) electrons. The lowest BCUT2D eigenvalue weighted by Crippen LogP contribution is -1.92. The van der Waals surface area contributed by atoms with Crippen molar-refractivity contribution in [3.05, 3.63) is 228 Å². The molecule has 0 amide bonds. The second-order valence-corrected chi connectivity index (χ2v) is 15.9. The lowest BCUT2D eigenvalue weighted by Gasteiger charge is -2.06. The molecule has 1 aliphatic carbocycles. The summed E-state index contributed by atoms with van der Waals surface area (Å²) in [6, 6.07) is 65.4. The van der Waals surface area contributed by atoms with Gasteiger partial charge in [0, 0.05) is 44.4 Å². The highest BCUT2D eigenvalue weighted by molar-refractivity contribution is 14.1. The van der Waals surface area contributed by atoms with Crippen LogP contribution in [0.2, 0.25) is 0 Å². The number of nitrogens with one attached hydrogen (secondary N) is 1. The first-order chi connectivity index (χ1) is 30.1. The molecule has 2 aromatic heterocycles. The van der Waals surface area contributed by atoms with Crippen LogP contribution in [0.15, 0.2) is 227 Å². The van der Waals surface area contributed by atoms with Gasteiger partial charge in [-0.3, -0.25) is 0 Å². The molecule has 0 fully saturated rings. The van der Waals surface area contributed by atoms with Gasteiger partial charge in [-0.2, -0.15) is 0 Å². The van der Waals surface area contributed by atoms with Crippen molar-refractivity contribution in [2.45, 2.75) is 0 Å². The van der Waals surface area contributed by atoms with E-state index in [1.54, 1.807) is 12.2 Å². The van der Waals surface area contributed by atoms with Crippen LogP contribution >= 0.6 is 22.6 Å². The first-order valence-corrected chi connectivity index (χ1v) is 21.2. The highest BCUT2D eigenvalue weighted by Crippen LogP contribution is 2.44. The molecule has 12 rings (SSSR count). The Morgan fingerprint density at radius 2 is 0.951 bits per heavy atom. The first-order valence-electron chi connectivity index (χ1n) is 20.2. The van der Waals surface area contributed by atoms with Crippen molar-refractivity contribution in [3.8, 4) is 22.3 Å². The molecule has 3 N–H and O–H groups in total. The van der Waals surface area contributed by atoms with E-state index in [1.165, 1.54) is 43.3 Å². The zero-order valence-corrected chi connectivity index (χ0v) is 35.1. The van der Waals surface area contributed by atoms with Crippen LogP contribution in [0.4, 0.5) is 11.4 Å². The summed E-state index contributed by atoms with van der Waals surface area (Å²) in [5.41, 5.74) is 16.4. The molecule has 1 aliphatic rings. The summed E-state index contributed by atoms with van der Waals surface area (Å²) in [7, 11) is 0. The Morgan fingerprint density at radius 3 is 1.49 bits per heavy atom. The number of hydrogen-bond acceptors (Lipinski definition) is 4. The summed E-state index contributed by atoms with van der Waals surface area (Å²) < 4.78 is 14.1. The van der Waals surface area contributed by atoms with Crippen molar-refractivity contribution in [1.82, 2.24) is 0 Å². The van der Waals surface area contributed by atoms with E-state index in [-0.39, 0.29) is 0 Å². The van der Waals surface area contributed by atoms with Crippen molar-refractivity contribution < 1.29 is 8.83 Å². The minimum atomic E-state index is 0.697. The molecule has 5 heteroatoms. The highest BCUT2D eigenvalue weighted by Gasteiger charge is 2.19. The van der Waals surface area contributed by atoms with Crippen LogP contribution in [-0.4, -0.2) is 0 Å². The van der Waals surface area contributed by atoms with Gasteiger partial charge in [0.05, 0.1) is 27.5 Å². The molecule has 0 bridgehead atoms. The molecule has 0 saturated carbocycles. The van der Waals surface area contributed by atoms with Crippen LogP contribution in [0.25, 0.3) is 87.7 Å². The summed E-state index contributed by atoms with van der Waals surface area (Å²) in [4.78, 5) is 0. The van der Waals surface area contributed by atoms with Crippen molar-refractivity contribution in [2.75, 3.05) is 5.32 Å². The standard InChI is InChI=1S/C28H19NO.C22H13IO.C6H6N/c1-3-10-19(11-4-1)24-18-20-12-7-8-15-22(20)26-23-16-9-17-25(27(23)30-28(24)26)29-21-13-5-2-6-14-21;23-19-12-6-11-17-20-16-10-5-4-9-15(16)13-18(22(20)24-21(17)19)14-7-2-1-3-8-14;7-6-4-2-1-3-5-6/h1-18,29H;1-13H;1-4H,7H2/q;;+1. The molecular formula is C56H38IN2O2+. The van der Waals surface area contributed by atoms with Gasteiger partial charge in [0.15, 0.2) is 11.3 Å². The monoisotopic (exact) mass is 897 g/mol. The molecule has 11 aromatic rings. The number of benzene rings is 9. The lowest BCUT2D eigenvalue weighted by molar-refractivity contribution is 0.668. The molecule has 61 heavy (non-hydrogen) atoms. The number of furan rings is 2. The number of halogens is 1. The molecular weight excluding hydrogens is 860 g/mol. The Balaban J connectivity index is 0.000000128. The van der Waals surface area contributed by atoms with Crippen molar-refractivity contribution in [3.63, 3.8) is 0 Å². The second-order valence-electron chi connectivity index (χ2n) is 14.7. The Bertz CT molecular complexity index is 3450. The van der Waals surface area contributed by atoms with E-state index in [0.29, 0.717) is 5.70 Å². The van der Waals surface area contributed by atoms with Gasteiger partial charge in [0.25, 0.3) is 0 Å². The molecule has 0 aliphatic heterocycles. The molecule has 4 nitrogen and oxygen atoms in total. The van der Waals surface area contributed by atoms with Crippen molar-refractivity contribution in [2.24, 2.45) is 5.73 Å². The van der Waals surface area contributed by atoms with E-state index in [4.69, 9.17) is 14.6 Å². The van der Waals surface area contributed by atoms with Gasteiger partial charge in [-0.05, 0) is 91.7 Å². The molecule has 0 unspecified atom stereocenters. The smallest absolute Gasteiger partial charge is 0.200 e. The van der Waals surface area contributed by atoms with Gasteiger partial charge in [-0.1, -0.05) is 152 Å². The molecule has 0 spiro atoms. The van der Waals surface area contributed by atoms with E-state index >= 15 is 0 Å². The predicted octanol–water partition coefficient (Wildman–Crippen LogP) is 15.9. The third kappa shape index (κ3) is 7.42. The Morgan fingerprint density at radius 1 is 0.459 bits per heavy atom. The van der Waals surface area contributed by atoms with Crippen LogP contribution < -0.4 is 11.1 Å². The predicted molar refractivity (Wildman–Crippen MR) is 265 cm³/mol. The molecule has 2 heterocycles. The number of anilines is 2. The fraction of sp³-hybridized carbons (Fsp3) is 0. The van der Waals surface area contributed by atoms with Gasteiger partial charge in [0.1, 0.15) is 22.8 Å². The highest BCUT2D eigenvalue weighted by atomic mass is 127. The molecule has 0 atom stereocenters. The topological polar surface area (TPSA) is 64.3 Å². The SMILES string of the molecule is Ic1cccc2c1oc1c(-c3ccccc3)cc3ccccc3c12.NC1=CC=CC=[C+]1.c1ccc(Nc2cccc3c2oc2c(-c4ccccc4)cc4ccccc4c23)cc1. The Kier molecular flexibility index (Phi) is 10.3. The Hall–Kier alpha value is -7.44. The maximum absolute atomic E-state index is 6.59. The van der Waals surface area contributed by atoms with E-state index in [2.05, 4.69) is 192 Å². The van der Waals surface area contributed by atoms with Crippen LogP contribution in [0.3, 0.4) is 0 Å². The molecule has 9 aromatic carbocycles. The number of para-hydroxylation sites is 3. The van der Waals surface area contributed by atoms with Gasteiger partial charge >= 0.3 is 0 Å². The van der Waals surface area contributed by atoms with Gasteiger partial charge in [-0.15, -0.1) is 0 Å². The quantitative estimate of drug-likeness (QED) is 0.136. The first kappa shape index (κ1) is 37.8. The Labute approximate surface area is 367 Å². The number of rotatable bonds is 4. The summed E-state index contributed by atoms with van der Waals surface area (Å²) in [6.45, 7) is 0. The average molecular weight is 898 g/mol. The van der Waals surface area contributed by atoms with Crippen molar-refractivity contribution in [1.29, 1.82) is 0 Å². The summed E-state index contributed by atoms with van der Waals surface area (Å²) >= 11 is 2.35. The zero-order chi connectivity index (χ0) is 41.1.